The number of pyridine rings is 1. The van der Waals surface area contributed by atoms with Gasteiger partial charge in [-0.2, -0.15) is 0 Å². The molecule has 1 amide bonds. The summed E-state index contributed by atoms with van der Waals surface area (Å²) in [5, 5.41) is 2.50. The Morgan fingerprint density at radius 3 is 3.17 bits per heavy atom. The Labute approximate surface area is 149 Å². The summed E-state index contributed by atoms with van der Waals surface area (Å²) in [7, 11) is 0. The maximum Gasteiger partial charge on any atom is 0.247 e. The average molecular weight is 358 g/mol. The van der Waals surface area contributed by atoms with Crippen LogP contribution in [0, 0.1) is 0 Å². The first-order valence-corrected chi connectivity index (χ1v) is 9.08. The molecule has 4 heterocycles. The number of imidazole rings is 1. The summed E-state index contributed by atoms with van der Waals surface area (Å²) < 4.78 is 1.88. The fourth-order valence-electron chi connectivity index (χ4n) is 3.19. The van der Waals surface area contributed by atoms with Gasteiger partial charge in [0.05, 0.1) is 11.7 Å². The first kappa shape index (κ1) is 15.4. The molecular formula is C18H16ClN3OS. The third kappa shape index (κ3) is 2.54. The van der Waals surface area contributed by atoms with Crippen LogP contribution in [0.1, 0.15) is 29.1 Å². The number of rotatable bonds is 2. The van der Waals surface area contributed by atoms with Crippen LogP contribution < -0.4 is 0 Å². The van der Waals surface area contributed by atoms with Gasteiger partial charge in [0.2, 0.25) is 5.91 Å². The minimum Gasteiger partial charge on any atom is -0.332 e. The molecule has 6 heteroatoms. The molecule has 1 aliphatic rings. The minimum atomic E-state index is 0.00120. The highest BCUT2D eigenvalue weighted by atomic mass is 35.5. The predicted molar refractivity (Wildman–Crippen MR) is 97.4 cm³/mol. The highest BCUT2D eigenvalue weighted by molar-refractivity contribution is 7.10. The molecule has 3 aromatic rings. The van der Waals surface area contributed by atoms with Gasteiger partial charge in [-0.25, -0.2) is 4.98 Å². The fraction of sp³-hybridized carbons (Fsp3) is 0.222. The number of amides is 1. The van der Waals surface area contributed by atoms with E-state index in [9.17, 15) is 4.79 Å². The normalized spacial score (nSPS) is 17.6. The molecule has 0 spiro atoms. The summed E-state index contributed by atoms with van der Waals surface area (Å²) in [6, 6.07) is 7.93. The van der Waals surface area contributed by atoms with Crippen molar-refractivity contribution in [2.45, 2.75) is 19.4 Å². The number of nitrogens with zero attached hydrogens (tertiary/aromatic N) is 3. The molecule has 0 aliphatic carbocycles. The molecule has 0 saturated carbocycles. The molecule has 0 radical (unpaired) electrons. The predicted octanol–water partition coefficient (Wildman–Crippen LogP) is 4.21. The molecule has 0 fully saturated rings. The second-order valence-corrected chi connectivity index (χ2v) is 7.17. The third-order valence-corrected chi connectivity index (χ3v) is 5.74. The van der Waals surface area contributed by atoms with Crippen molar-refractivity contribution >= 4 is 40.6 Å². The van der Waals surface area contributed by atoms with E-state index in [-0.39, 0.29) is 11.9 Å². The Morgan fingerprint density at radius 1 is 1.42 bits per heavy atom. The molecule has 3 aromatic heterocycles. The molecule has 24 heavy (non-hydrogen) atoms. The van der Waals surface area contributed by atoms with E-state index in [1.54, 1.807) is 23.5 Å². The van der Waals surface area contributed by atoms with Gasteiger partial charge in [-0.1, -0.05) is 17.7 Å². The van der Waals surface area contributed by atoms with Crippen LogP contribution in [0.15, 0.2) is 41.9 Å². The molecule has 4 nitrogen and oxygen atoms in total. The maximum atomic E-state index is 12.7. The highest BCUT2D eigenvalue weighted by Crippen LogP contribution is 2.33. The summed E-state index contributed by atoms with van der Waals surface area (Å²) in [6.07, 6.45) is 6.16. The van der Waals surface area contributed by atoms with E-state index in [2.05, 4.69) is 23.4 Å². The summed E-state index contributed by atoms with van der Waals surface area (Å²) >= 11 is 7.98. The van der Waals surface area contributed by atoms with Crippen molar-refractivity contribution in [2.24, 2.45) is 0 Å². The lowest BCUT2D eigenvalue weighted by atomic mass is 10.0. The zero-order valence-corrected chi connectivity index (χ0v) is 14.7. The topological polar surface area (TPSA) is 37.6 Å². The number of halogens is 1. The van der Waals surface area contributed by atoms with E-state index in [4.69, 9.17) is 11.6 Å². The molecule has 0 unspecified atom stereocenters. The Balaban J connectivity index is 1.60. The van der Waals surface area contributed by atoms with Gasteiger partial charge in [0.1, 0.15) is 5.65 Å². The van der Waals surface area contributed by atoms with Crippen molar-refractivity contribution in [2.75, 3.05) is 6.54 Å². The quantitative estimate of drug-likeness (QED) is 0.644. The second kappa shape index (κ2) is 6.07. The van der Waals surface area contributed by atoms with E-state index < -0.39 is 0 Å². The largest absolute Gasteiger partial charge is 0.332 e. The minimum absolute atomic E-state index is 0.00120. The number of hydrogen-bond acceptors (Lipinski definition) is 3. The van der Waals surface area contributed by atoms with Crippen molar-refractivity contribution in [3.63, 3.8) is 0 Å². The molecule has 122 valence electrons. The average Bonchev–Trinajstić information content (AvgIpc) is 3.17. The van der Waals surface area contributed by atoms with Crippen molar-refractivity contribution in [1.82, 2.24) is 14.3 Å². The van der Waals surface area contributed by atoms with Gasteiger partial charge in [-0.05, 0) is 48.6 Å². The van der Waals surface area contributed by atoms with Gasteiger partial charge in [0.25, 0.3) is 0 Å². The van der Waals surface area contributed by atoms with Gasteiger partial charge in [-0.3, -0.25) is 9.20 Å². The molecule has 0 saturated heterocycles. The number of carbonyl (C=O) groups is 1. The van der Waals surface area contributed by atoms with Gasteiger partial charge in [-0.15, -0.1) is 11.3 Å². The van der Waals surface area contributed by atoms with Crippen LogP contribution in [-0.2, 0) is 11.2 Å². The Bertz CT molecular complexity index is 943. The van der Waals surface area contributed by atoms with Crippen LogP contribution in [0.4, 0.5) is 0 Å². The number of carbonyl (C=O) groups excluding carboxylic acids is 1. The molecule has 0 bridgehead atoms. The van der Waals surface area contributed by atoms with Crippen molar-refractivity contribution < 1.29 is 4.79 Å². The SMILES string of the molecule is C[C@H]1c2ccsc2CCN1C(=O)/C=C/c1c(Cl)nc2ccccn12. The van der Waals surface area contributed by atoms with Gasteiger partial charge in [0, 0.05) is 23.7 Å². The van der Waals surface area contributed by atoms with Gasteiger partial charge < -0.3 is 4.90 Å². The smallest absolute Gasteiger partial charge is 0.247 e. The number of fused-ring (bicyclic) bond motifs is 2. The van der Waals surface area contributed by atoms with Crippen molar-refractivity contribution in [3.05, 3.63) is 63.2 Å². The lowest BCUT2D eigenvalue weighted by molar-refractivity contribution is -0.128. The van der Waals surface area contributed by atoms with E-state index in [0.717, 1.165) is 24.3 Å². The molecule has 1 aliphatic heterocycles. The lowest BCUT2D eigenvalue weighted by Crippen LogP contribution is -2.37. The van der Waals surface area contributed by atoms with E-state index in [1.165, 1.54) is 10.4 Å². The third-order valence-electron chi connectivity index (χ3n) is 4.47. The van der Waals surface area contributed by atoms with E-state index in [1.807, 2.05) is 33.7 Å². The van der Waals surface area contributed by atoms with Gasteiger partial charge >= 0.3 is 0 Å². The van der Waals surface area contributed by atoms with Crippen molar-refractivity contribution in [1.29, 1.82) is 0 Å². The number of hydrogen-bond donors (Lipinski definition) is 0. The standard InChI is InChI=1S/C18H16ClN3OS/c1-12-13-8-11-24-15(13)7-10-21(12)17(23)6-5-14-18(19)20-16-4-2-3-9-22(14)16/h2-6,8-9,11-12H,7,10H2,1H3/b6-5+/t12-/m0/s1. The second-order valence-electron chi connectivity index (χ2n) is 5.81. The summed E-state index contributed by atoms with van der Waals surface area (Å²) in [5.74, 6) is 0.00120. The monoisotopic (exact) mass is 357 g/mol. The van der Waals surface area contributed by atoms with Gasteiger partial charge in [0.15, 0.2) is 5.15 Å². The Hall–Kier alpha value is -2.11. The zero-order chi connectivity index (χ0) is 16.7. The van der Waals surface area contributed by atoms with E-state index in [0.29, 0.717) is 5.15 Å². The van der Waals surface area contributed by atoms with Crippen LogP contribution in [0.3, 0.4) is 0 Å². The lowest BCUT2D eigenvalue weighted by Gasteiger charge is -2.32. The van der Waals surface area contributed by atoms with Crippen LogP contribution in [0.5, 0.6) is 0 Å². The molecule has 0 N–H and O–H groups in total. The molecule has 4 rings (SSSR count). The first-order chi connectivity index (χ1) is 11.6. The highest BCUT2D eigenvalue weighted by Gasteiger charge is 2.27. The van der Waals surface area contributed by atoms with E-state index >= 15 is 0 Å². The van der Waals surface area contributed by atoms with Crippen LogP contribution in [0.2, 0.25) is 5.15 Å². The summed E-state index contributed by atoms with van der Waals surface area (Å²) in [4.78, 5) is 20.2. The Morgan fingerprint density at radius 2 is 2.29 bits per heavy atom. The summed E-state index contributed by atoms with van der Waals surface area (Å²) in [6.45, 7) is 2.83. The molecule has 0 aromatic carbocycles. The summed E-state index contributed by atoms with van der Waals surface area (Å²) in [5.41, 5.74) is 2.76. The zero-order valence-electron chi connectivity index (χ0n) is 13.1. The van der Waals surface area contributed by atoms with Crippen LogP contribution in [0.25, 0.3) is 11.7 Å². The fourth-order valence-corrected chi connectivity index (χ4v) is 4.40. The van der Waals surface area contributed by atoms with Crippen LogP contribution in [-0.4, -0.2) is 26.7 Å². The molecule has 1 atom stereocenters. The van der Waals surface area contributed by atoms with Crippen LogP contribution >= 0.6 is 22.9 Å². The first-order valence-electron chi connectivity index (χ1n) is 7.82. The Kier molecular flexibility index (Phi) is 3.90. The number of thiophene rings is 1. The van der Waals surface area contributed by atoms with Crippen molar-refractivity contribution in [3.8, 4) is 0 Å². The maximum absolute atomic E-state index is 12.7. The molecular weight excluding hydrogens is 342 g/mol. The number of aromatic nitrogens is 2.